The van der Waals surface area contributed by atoms with Crippen LogP contribution >= 0.6 is 0 Å². The van der Waals surface area contributed by atoms with Gasteiger partial charge in [-0.1, -0.05) is 30.3 Å². The number of piperidine rings is 1. The van der Waals surface area contributed by atoms with Crippen LogP contribution in [0.15, 0.2) is 48.5 Å². The van der Waals surface area contributed by atoms with Gasteiger partial charge < -0.3 is 10.2 Å². The van der Waals surface area contributed by atoms with Crippen molar-refractivity contribution in [3.05, 3.63) is 65.5 Å². The van der Waals surface area contributed by atoms with E-state index in [-0.39, 0.29) is 17.6 Å². The number of hydrogen-bond donors (Lipinski definition) is 1. The van der Waals surface area contributed by atoms with E-state index in [0.717, 1.165) is 64.1 Å². The van der Waals surface area contributed by atoms with Gasteiger partial charge >= 0.3 is 0 Å². The Morgan fingerprint density at radius 3 is 2.60 bits per heavy atom. The number of carbonyl (C=O) groups excluding carboxylic acids is 1. The maximum Gasteiger partial charge on any atom is 0.223 e. The molecule has 0 aliphatic carbocycles. The lowest BCUT2D eigenvalue weighted by atomic mass is 9.95. The van der Waals surface area contributed by atoms with Crippen LogP contribution in [0.5, 0.6) is 0 Å². The van der Waals surface area contributed by atoms with Crippen molar-refractivity contribution in [2.45, 2.75) is 38.6 Å². The van der Waals surface area contributed by atoms with Crippen LogP contribution in [0.25, 0.3) is 0 Å². The maximum atomic E-state index is 13.0. The first-order valence-electron chi connectivity index (χ1n) is 11.3. The van der Waals surface area contributed by atoms with Crippen LogP contribution in [0.4, 0.5) is 10.1 Å². The molecule has 1 N–H and O–H groups in total. The van der Waals surface area contributed by atoms with Gasteiger partial charge in [-0.25, -0.2) is 4.39 Å². The molecule has 0 aromatic heterocycles. The van der Waals surface area contributed by atoms with E-state index in [1.807, 2.05) is 12.1 Å². The van der Waals surface area contributed by atoms with Crippen molar-refractivity contribution >= 4 is 11.6 Å². The molecule has 2 aliphatic heterocycles. The fourth-order valence-electron chi connectivity index (χ4n) is 4.67. The summed E-state index contributed by atoms with van der Waals surface area (Å²) in [7, 11) is 0. The van der Waals surface area contributed by atoms with Crippen LogP contribution in [0.3, 0.4) is 0 Å². The lowest BCUT2D eigenvalue weighted by Gasteiger charge is -2.32. The second-order valence-corrected chi connectivity index (χ2v) is 8.54. The second kappa shape index (κ2) is 10.1. The summed E-state index contributed by atoms with van der Waals surface area (Å²) in [6.45, 7) is 5.50. The van der Waals surface area contributed by atoms with E-state index in [9.17, 15) is 9.18 Å². The lowest BCUT2D eigenvalue weighted by Crippen LogP contribution is -2.41. The molecule has 4 nitrogen and oxygen atoms in total. The number of carbonyl (C=O) groups is 1. The molecule has 30 heavy (non-hydrogen) atoms. The number of nitrogens with zero attached hydrogens (tertiary/aromatic N) is 2. The van der Waals surface area contributed by atoms with E-state index < -0.39 is 0 Å². The number of rotatable bonds is 7. The molecule has 1 saturated heterocycles. The van der Waals surface area contributed by atoms with Gasteiger partial charge in [0.05, 0.1) is 0 Å². The summed E-state index contributed by atoms with van der Waals surface area (Å²) >= 11 is 0. The van der Waals surface area contributed by atoms with Gasteiger partial charge in [-0.2, -0.15) is 0 Å². The minimum absolute atomic E-state index is 0.116. The second-order valence-electron chi connectivity index (χ2n) is 8.54. The molecule has 4 rings (SSSR count). The molecule has 1 fully saturated rings. The summed E-state index contributed by atoms with van der Waals surface area (Å²) in [6.07, 6.45) is 5.14. The molecule has 0 saturated carbocycles. The molecule has 2 aromatic carbocycles. The van der Waals surface area contributed by atoms with Crippen molar-refractivity contribution < 1.29 is 9.18 Å². The Morgan fingerprint density at radius 2 is 1.80 bits per heavy atom. The topological polar surface area (TPSA) is 35.6 Å². The Labute approximate surface area is 179 Å². The zero-order valence-electron chi connectivity index (χ0n) is 17.7. The van der Waals surface area contributed by atoms with Crippen LogP contribution in [0, 0.1) is 11.7 Å². The first-order chi connectivity index (χ1) is 14.7. The number of para-hydroxylation sites is 1. The molecule has 0 bridgehead atoms. The number of anilines is 1. The van der Waals surface area contributed by atoms with Gasteiger partial charge in [0.15, 0.2) is 0 Å². The SMILES string of the molecule is O=C(NCCCN1CCCc2ccccc21)C1CCN(Cc2ccc(F)cc2)CC1. The Kier molecular flexibility index (Phi) is 7.00. The molecule has 2 aromatic rings. The highest BCUT2D eigenvalue weighted by atomic mass is 19.1. The fourth-order valence-corrected chi connectivity index (χ4v) is 4.67. The van der Waals surface area contributed by atoms with E-state index in [4.69, 9.17) is 0 Å². The van der Waals surface area contributed by atoms with Gasteiger partial charge in [0.25, 0.3) is 0 Å². The summed E-state index contributed by atoms with van der Waals surface area (Å²) in [5, 5.41) is 3.16. The Bertz CT molecular complexity index is 831. The zero-order valence-corrected chi connectivity index (χ0v) is 17.7. The van der Waals surface area contributed by atoms with Crippen molar-refractivity contribution in [3.63, 3.8) is 0 Å². The van der Waals surface area contributed by atoms with Crippen LogP contribution in [-0.4, -0.2) is 43.5 Å². The van der Waals surface area contributed by atoms with Crippen molar-refractivity contribution in [3.8, 4) is 0 Å². The van der Waals surface area contributed by atoms with Crippen LogP contribution in [0.1, 0.15) is 36.8 Å². The highest BCUT2D eigenvalue weighted by Crippen LogP contribution is 2.26. The number of halogens is 1. The molecule has 0 spiro atoms. The summed E-state index contributed by atoms with van der Waals surface area (Å²) in [4.78, 5) is 17.4. The third-order valence-corrected chi connectivity index (χ3v) is 6.39. The number of fused-ring (bicyclic) bond motifs is 1. The fraction of sp³-hybridized carbons (Fsp3) is 0.480. The highest BCUT2D eigenvalue weighted by molar-refractivity contribution is 5.78. The van der Waals surface area contributed by atoms with Crippen molar-refractivity contribution in [2.75, 3.05) is 37.6 Å². The maximum absolute atomic E-state index is 13.0. The minimum Gasteiger partial charge on any atom is -0.371 e. The van der Waals surface area contributed by atoms with Gasteiger partial charge in [-0.15, -0.1) is 0 Å². The number of hydrogen-bond acceptors (Lipinski definition) is 3. The lowest BCUT2D eigenvalue weighted by molar-refractivity contribution is -0.126. The quantitative estimate of drug-likeness (QED) is 0.702. The van der Waals surface area contributed by atoms with Gasteiger partial charge in [0, 0.05) is 37.8 Å². The average molecular weight is 410 g/mol. The van der Waals surface area contributed by atoms with Crippen LogP contribution in [0.2, 0.25) is 0 Å². The van der Waals surface area contributed by atoms with E-state index >= 15 is 0 Å². The van der Waals surface area contributed by atoms with Crippen molar-refractivity contribution in [2.24, 2.45) is 5.92 Å². The molecule has 160 valence electrons. The Morgan fingerprint density at radius 1 is 1.03 bits per heavy atom. The summed E-state index contributed by atoms with van der Waals surface area (Å²) in [6, 6.07) is 15.4. The predicted molar refractivity (Wildman–Crippen MR) is 119 cm³/mol. The number of likely N-dealkylation sites (tertiary alicyclic amines) is 1. The van der Waals surface area contributed by atoms with Gasteiger partial charge in [0.1, 0.15) is 5.82 Å². The number of amides is 1. The summed E-state index contributed by atoms with van der Waals surface area (Å²) in [5.74, 6) is 0.124. The van der Waals surface area contributed by atoms with Crippen molar-refractivity contribution in [1.82, 2.24) is 10.2 Å². The molecule has 5 heteroatoms. The largest absolute Gasteiger partial charge is 0.371 e. The van der Waals surface area contributed by atoms with Gasteiger partial charge in [-0.05, 0) is 74.5 Å². The highest BCUT2D eigenvalue weighted by Gasteiger charge is 2.24. The Balaban J connectivity index is 1.15. The number of aryl methyl sites for hydroxylation is 1. The normalized spacial score (nSPS) is 17.6. The predicted octanol–water partition coefficient (Wildman–Crippen LogP) is 4.00. The molecule has 0 radical (unpaired) electrons. The summed E-state index contributed by atoms with van der Waals surface area (Å²) in [5.41, 5.74) is 3.93. The number of benzene rings is 2. The molecule has 2 heterocycles. The van der Waals surface area contributed by atoms with Crippen molar-refractivity contribution in [1.29, 1.82) is 0 Å². The third-order valence-electron chi connectivity index (χ3n) is 6.39. The van der Waals surface area contributed by atoms with Crippen LogP contribution in [-0.2, 0) is 17.8 Å². The first-order valence-corrected chi connectivity index (χ1v) is 11.3. The van der Waals surface area contributed by atoms with E-state index in [2.05, 4.69) is 39.4 Å². The zero-order chi connectivity index (χ0) is 20.8. The number of nitrogens with one attached hydrogen (secondary N) is 1. The van der Waals surface area contributed by atoms with E-state index in [0.29, 0.717) is 0 Å². The first kappa shape index (κ1) is 20.9. The van der Waals surface area contributed by atoms with Gasteiger partial charge in [0.2, 0.25) is 5.91 Å². The minimum atomic E-state index is -0.196. The molecular formula is C25H32FN3O. The molecule has 2 aliphatic rings. The molecule has 0 unspecified atom stereocenters. The molecule has 0 atom stereocenters. The van der Waals surface area contributed by atoms with E-state index in [1.165, 1.54) is 36.2 Å². The smallest absolute Gasteiger partial charge is 0.223 e. The van der Waals surface area contributed by atoms with Gasteiger partial charge in [-0.3, -0.25) is 9.69 Å². The van der Waals surface area contributed by atoms with Crippen LogP contribution < -0.4 is 10.2 Å². The van der Waals surface area contributed by atoms with E-state index in [1.54, 1.807) is 0 Å². The molecule has 1 amide bonds. The molecular weight excluding hydrogens is 377 g/mol. The Hall–Kier alpha value is -2.40. The third kappa shape index (κ3) is 5.39. The standard InChI is InChI=1S/C25H32FN3O/c26-23-10-8-20(9-11-23)19-28-17-12-22(13-18-28)25(30)27-14-4-16-29-15-3-6-21-5-1-2-7-24(21)29/h1-2,5,7-11,22H,3-4,6,12-19H2,(H,27,30). The average Bonchev–Trinajstić information content (AvgIpc) is 2.79. The summed E-state index contributed by atoms with van der Waals surface area (Å²) < 4.78 is 13.0. The monoisotopic (exact) mass is 409 g/mol.